The Morgan fingerprint density at radius 3 is 2.56 bits per heavy atom. The maximum Gasteiger partial charge on any atom is 0.242 e. The second-order valence-electron chi connectivity index (χ2n) is 4.06. The Labute approximate surface area is 106 Å². The summed E-state index contributed by atoms with van der Waals surface area (Å²) in [6.45, 7) is 1.78. The van der Waals surface area contributed by atoms with Crippen LogP contribution in [-0.2, 0) is 21.3 Å². The fourth-order valence-corrected chi connectivity index (χ4v) is 1.64. The van der Waals surface area contributed by atoms with Crippen molar-refractivity contribution in [3.8, 4) is 0 Å². The monoisotopic (exact) mass is 256 g/mol. The molecule has 2 unspecified atom stereocenters. The molecule has 3 N–H and O–H groups in total. The van der Waals surface area contributed by atoms with Gasteiger partial charge in [-0.15, -0.1) is 0 Å². The molecule has 0 radical (unpaired) electrons. The Morgan fingerprint density at radius 2 is 2.11 bits per heavy atom. The Kier molecular flexibility index (Phi) is 5.26. The summed E-state index contributed by atoms with van der Waals surface area (Å²) in [4.78, 5) is 11.9. The summed E-state index contributed by atoms with van der Waals surface area (Å²) in [6.07, 6.45) is 2.77. The molecule has 0 aliphatic heterocycles. The van der Waals surface area contributed by atoms with Gasteiger partial charge in [-0.1, -0.05) is 0 Å². The molecule has 0 aliphatic rings. The van der Waals surface area contributed by atoms with E-state index in [0.29, 0.717) is 5.56 Å². The molecular weight excluding hydrogens is 236 g/mol. The predicted molar refractivity (Wildman–Crippen MR) is 65.5 cm³/mol. The maximum absolute atomic E-state index is 11.9. The molecule has 0 fully saturated rings. The Hall–Kier alpha value is -1.44. The number of carbonyl (C=O) groups is 1. The van der Waals surface area contributed by atoms with E-state index in [9.17, 15) is 4.79 Å². The second kappa shape index (κ2) is 6.48. The van der Waals surface area contributed by atoms with Crippen molar-refractivity contribution < 1.29 is 14.3 Å². The van der Waals surface area contributed by atoms with Gasteiger partial charge in [0.2, 0.25) is 5.91 Å². The molecule has 2 atom stereocenters. The Bertz CT molecular complexity index is 389. The van der Waals surface area contributed by atoms with Gasteiger partial charge in [0, 0.05) is 33.0 Å². The number of methoxy groups -OCH3 is 2. The zero-order valence-corrected chi connectivity index (χ0v) is 11.1. The molecule has 7 nitrogen and oxygen atoms in total. The average Bonchev–Trinajstić information content (AvgIpc) is 2.76. The molecule has 1 heterocycles. The van der Waals surface area contributed by atoms with E-state index in [4.69, 9.17) is 15.2 Å². The lowest BCUT2D eigenvalue weighted by Gasteiger charge is -2.23. The first-order valence-electron chi connectivity index (χ1n) is 5.59. The maximum atomic E-state index is 11.9. The highest BCUT2D eigenvalue weighted by molar-refractivity contribution is 5.83. The number of carbonyl (C=O) groups excluding carboxylic acids is 1. The quantitative estimate of drug-likeness (QED) is 0.672. The summed E-state index contributed by atoms with van der Waals surface area (Å²) < 4.78 is 11.7. The van der Waals surface area contributed by atoms with Crippen LogP contribution in [0.3, 0.4) is 0 Å². The van der Waals surface area contributed by atoms with Crippen LogP contribution < -0.4 is 11.1 Å². The number of nitrogens with zero attached hydrogens (tertiary/aromatic N) is 2. The predicted octanol–water partition coefficient (Wildman–Crippen LogP) is -0.456. The van der Waals surface area contributed by atoms with Gasteiger partial charge in [0.15, 0.2) is 6.29 Å². The molecule has 0 aliphatic carbocycles. The second-order valence-corrected chi connectivity index (χ2v) is 4.06. The summed E-state index contributed by atoms with van der Waals surface area (Å²) in [6, 6.07) is -1.05. The van der Waals surface area contributed by atoms with E-state index >= 15 is 0 Å². The third-order valence-corrected chi connectivity index (χ3v) is 2.61. The highest BCUT2D eigenvalue weighted by Gasteiger charge is 2.23. The molecule has 1 rings (SSSR count). The highest BCUT2D eigenvalue weighted by Crippen LogP contribution is 2.09. The van der Waals surface area contributed by atoms with Gasteiger partial charge in [-0.2, -0.15) is 5.10 Å². The van der Waals surface area contributed by atoms with Crippen LogP contribution in [0.25, 0.3) is 0 Å². The van der Waals surface area contributed by atoms with E-state index in [2.05, 4.69) is 10.4 Å². The third kappa shape index (κ3) is 3.52. The number of nitrogens with two attached hydrogens (primary N) is 1. The zero-order chi connectivity index (χ0) is 13.7. The minimum atomic E-state index is -0.754. The van der Waals surface area contributed by atoms with Crippen molar-refractivity contribution >= 4 is 5.91 Å². The van der Waals surface area contributed by atoms with Gasteiger partial charge in [0.05, 0.1) is 12.2 Å². The lowest BCUT2D eigenvalue weighted by atomic mass is 10.1. The van der Waals surface area contributed by atoms with Crippen LogP contribution in [0.2, 0.25) is 0 Å². The summed E-state index contributed by atoms with van der Waals surface area (Å²) in [5.41, 5.74) is 6.50. The fraction of sp³-hybridized carbons (Fsp3) is 0.636. The molecule has 1 amide bonds. The highest BCUT2D eigenvalue weighted by atomic mass is 16.7. The standard InChI is InChI=1S/C11H20N4O3/c1-7(11(17-3)18-4)14-10(16)9(12)8-5-13-15(2)6-8/h5-7,9,11H,12H2,1-4H3,(H,14,16). The van der Waals surface area contributed by atoms with Gasteiger partial charge in [0.25, 0.3) is 0 Å². The van der Waals surface area contributed by atoms with E-state index in [-0.39, 0.29) is 11.9 Å². The molecule has 0 aromatic carbocycles. The molecule has 0 saturated heterocycles. The third-order valence-electron chi connectivity index (χ3n) is 2.61. The van der Waals surface area contributed by atoms with Crippen LogP contribution in [0, 0.1) is 0 Å². The van der Waals surface area contributed by atoms with Crippen molar-refractivity contribution in [3.63, 3.8) is 0 Å². The number of nitrogens with one attached hydrogen (secondary N) is 1. The van der Waals surface area contributed by atoms with Crippen LogP contribution in [0.4, 0.5) is 0 Å². The van der Waals surface area contributed by atoms with Gasteiger partial charge >= 0.3 is 0 Å². The summed E-state index contributed by atoms with van der Waals surface area (Å²) >= 11 is 0. The average molecular weight is 256 g/mol. The molecule has 1 aromatic rings. The van der Waals surface area contributed by atoms with E-state index in [1.165, 1.54) is 14.2 Å². The number of hydrogen-bond acceptors (Lipinski definition) is 5. The van der Waals surface area contributed by atoms with E-state index < -0.39 is 12.3 Å². The van der Waals surface area contributed by atoms with Gasteiger partial charge < -0.3 is 20.5 Å². The fourth-order valence-electron chi connectivity index (χ4n) is 1.64. The number of ether oxygens (including phenoxy) is 2. The van der Waals surface area contributed by atoms with Crippen LogP contribution in [0.1, 0.15) is 18.5 Å². The smallest absolute Gasteiger partial charge is 0.242 e. The Balaban J connectivity index is 2.60. The Morgan fingerprint density at radius 1 is 1.50 bits per heavy atom. The van der Waals surface area contributed by atoms with Crippen LogP contribution in [0.15, 0.2) is 12.4 Å². The molecule has 1 aromatic heterocycles. The van der Waals surface area contributed by atoms with Crippen LogP contribution in [0.5, 0.6) is 0 Å². The van der Waals surface area contributed by atoms with E-state index in [1.54, 1.807) is 31.0 Å². The van der Waals surface area contributed by atoms with Crippen molar-refractivity contribution in [1.82, 2.24) is 15.1 Å². The van der Waals surface area contributed by atoms with E-state index in [0.717, 1.165) is 0 Å². The van der Waals surface area contributed by atoms with Crippen LogP contribution >= 0.6 is 0 Å². The minimum absolute atomic E-state index is 0.296. The summed E-state index contributed by atoms with van der Waals surface area (Å²) in [5.74, 6) is -0.297. The van der Waals surface area contributed by atoms with Crippen LogP contribution in [-0.4, -0.2) is 42.2 Å². The molecule has 102 valence electrons. The lowest BCUT2D eigenvalue weighted by molar-refractivity contribution is -0.136. The molecule has 0 bridgehead atoms. The first kappa shape index (κ1) is 14.6. The number of hydrogen-bond donors (Lipinski definition) is 2. The topological polar surface area (TPSA) is 91.4 Å². The van der Waals surface area contributed by atoms with Gasteiger partial charge in [-0.05, 0) is 6.92 Å². The van der Waals surface area contributed by atoms with Gasteiger partial charge in [0.1, 0.15) is 6.04 Å². The number of aromatic nitrogens is 2. The zero-order valence-electron chi connectivity index (χ0n) is 11.1. The largest absolute Gasteiger partial charge is 0.354 e. The lowest BCUT2D eigenvalue weighted by Crippen LogP contribution is -2.46. The molecule has 18 heavy (non-hydrogen) atoms. The molecule has 7 heteroatoms. The molecular formula is C11H20N4O3. The first-order chi connectivity index (χ1) is 8.49. The van der Waals surface area contributed by atoms with Crippen molar-refractivity contribution in [1.29, 1.82) is 0 Å². The van der Waals surface area contributed by atoms with Crippen molar-refractivity contribution in [2.24, 2.45) is 12.8 Å². The molecule has 0 saturated carbocycles. The van der Waals surface area contributed by atoms with Crippen molar-refractivity contribution in [2.75, 3.05) is 14.2 Å². The number of rotatable bonds is 6. The van der Waals surface area contributed by atoms with E-state index in [1.807, 2.05) is 0 Å². The van der Waals surface area contributed by atoms with Gasteiger partial charge in [-0.3, -0.25) is 9.48 Å². The van der Waals surface area contributed by atoms with Crippen molar-refractivity contribution in [2.45, 2.75) is 25.3 Å². The summed E-state index contributed by atoms with van der Waals surface area (Å²) in [7, 11) is 4.79. The summed E-state index contributed by atoms with van der Waals surface area (Å²) in [5, 5.41) is 6.71. The normalized spacial score (nSPS) is 14.6. The first-order valence-corrected chi connectivity index (χ1v) is 5.59. The molecule has 0 spiro atoms. The SMILES string of the molecule is COC(OC)C(C)NC(=O)C(N)c1cnn(C)c1. The minimum Gasteiger partial charge on any atom is -0.354 e. The van der Waals surface area contributed by atoms with Gasteiger partial charge in [-0.25, -0.2) is 0 Å². The number of amides is 1. The number of aryl methyl sites for hydroxylation is 1. The van der Waals surface area contributed by atoms with Crippen molar-refractivity contribution in [3.05, 3.63) is 18.0 Å².